The van der Waals surface area contributed by atoms with Gasteiger partial charge in [0.25, 0.3) is 0 Å². The van der Waals surface area contributed by atoms with Crippen molar-refractivity contribution in [2.75, 3.05) is 14.2 Å². The maximum absolute atomic E-state index is 6.05. The predicted octanol–water partition coefficient (Wildman–Crippen LogP) is 3.67. The summed E-state index contributed by atoms with van der Waals surface area (Å²) in [6, 6.07) is 0.422. The molecule has 1 fully saturated rings. The van der Waals surface area contributed by atoms with Crippen molar-refractivity contribution in [1.82, 2.24) is 5.32 Å². The molecule has 0 aliphatic heterocycles. The first kappa shape index (κ1) is 14.1. The Morgan fingerprint density at radius 3 is 2.78 bits per heavy atom. The molecule has 1 saturated carbocycles. The predicted molar refractivity (Wildman–Crippen MR) is 76.8 cm³/mol. The first-order valence-corrected chi connectivity index (χ1v) is 7.63. The summed E-state index contributed by atoms with van der Waals surface area (Å²) in [6.07, 6.45) is 12.7. The third kappa shape index (κ3) is 2.80. The van der Waals surface area contributed by atoms with Gasteiger partial charge < -0.3 is 10.1 Å². The Morgan fingerprint density at radius 1 is 1.39 bits per heavy atom. The molecule has 0 heterocycles. The first-order valence-electron chi connectivity index (χ1n) is 7.63. The fourth-order valence-corrected chi connectivity index (χ4v) is 4.02. The van der Waals surface area contributed by atoms with Crippen LogP contribution in [0, 0.1) is 5.92 Å². The van der Waals surface area contributed by atoms with Crippen molar-refractivity contribution < 1.29 is 4.74 Å². The van der Waals surface area contributed by atoms with Crippen molar-refractivity contribution in [1.29, 1.82) is 0 Å². The Morgan fingerprint density at radius 2 is 2.22 bits per heavy atom. The smallest absolute Gasteiger partial charge is 0.0871 e. The van der Waals surface area contributed by atoms with Gasteiger partial charge in [-0.25, -0.2) is 0 Å². The zero-order chi connectivity index (χ0) is 13.0. The van der Waals surface area contributed by atoms with Crippen LogP contribution in [0.5, 0.6) is 0 Å². The Hall–Kier alpha value is -0.340. The zero-order valence-corrected chi connectivity index (χ0v) is 12.3. The molecule has 0 aromatic carbocycles. The third-order valence-electron chi connectivity index (χ3n) is 4.91. The lowest BCUT2D eigenvalue weighted by molar-refractivity contribution is -0.0702. The number of allylic oxidation sites excluding steroid dienone is 1. The van der Waals surface area contributed by atoms with Crippen molar-refractivity contribution in [3.8, 4) is 0 Å². The zero-order valence-electron chi connectivity index (χ0n) is 12.3. The van der Waals surface area contributed by atoms with Gasteiger partial charge in [0.1, 0.15) is 0 Å². The van der Waals surface area contributed by atoms with Crippen molar-refractivity contribution in [2.45, 2.75) is 69.9 Å². The highest BCUT2D eigenvalue weighted by Gasteiger charge is 2.42. The van der Waals surface area contributed by atoms with Crippen LogP contribution in [0.2, 0.25) is 0 Å². The lowest BCUT2D eigenvalue weighted by Crippen LogP contribution is -2.54. The molecular formula is C16H29NO. The Balaban J connectivity index is 2.19. The van der Waals surface area contributed by atoms with E-state index in [1.54, 1.807) is 5.57 Å². The Bertz CT molecular complexity index is 299. The number of ether oxygens (including phenoxy) is 1. The minimum Gasteiger partial charge on any atom is -0.376 e. The maximum atomic E-state index is 6.05. The van der Waals surface area contributed by atoms with Crippen molar-refractivity contribution in [3.05, 3.63) is 11.6 Å². The number of likely N-dealkylation sites (N-methyl/N-ethyl adjacent to an activating group) is 1. The fourth-order valence-electron chi connectivity index (χ4n) is 4.02. The van der Waals surface area contributed by atoms with Crippen LogP contribution in [-0.2, 0) is 4.74 Å². The van der Waals surface area contributed by atoms with Gasteiger partial charge in [0.05, 0.1) is 11.6 Å². The molecule has 2 aliphatic rings. The summed E-state index contributed by atoms with van der Waals surface area (Å²) in [5, 5.41) is 3.56. The van der Waals surface area contributed by atoms with Gasteiger partial charge in [0.15, 0.2) is 0 Å². The van der Waals surface area contributed by atoms with E-state index in [1.165, 1.54) is 51.4 Å². The van der Waals surface area contributed by atoms with Gasteiger partial charge in [-0.2, -0.15) is 0 Å². The standard InChI is InChI=1S/C16H29NO/c1-13-8-7-11-16(12-13,18-3)15(17-2)14-9-5-4-6-10-14/h9,13,15,17H,4-8,10-12H2,1-3H3. The second kappa shape index (κ2) is 6.21. The van der Waals surface area contributed by atoms with Crippen LogP contribution in [0.3, 0.4) is 0 Å². The average Bonchev–Trinajstić information content (AvgIpc) is 2.41. The first-order chi connectivity index (χ1) is 8.72. The summed E-state index contributed by atoms with van der Waals surface area (Å²) >= 11 is 0. The molecule has 0 bridgehead atoms. The van der Waals surface area contributed by atoms with E-state index in [2.05, 4.69) is 25.4 Å². The summed E-state index contributed by atoms with van der Waals surface area (Å²) in [6.45, 7) is 2.37. The quantitative estimate of drug-likeness (QED) is 0.770. The highest BCUT2D eigenvalue weighted by molar-refractivity contribution is 5.20. The van der Waals surface area contributed by atoms with E-state index >= 15 is 0 Å². The molecule has 18 heavy (non-hydrogen) atoms. The van der Waals surface area contributed by atoms with Gasteiger partial charge >= 0.3 is 0 Å². The summed E-state index contributed by atoms with van der Waals surface area (Å²) in [5.41, 5.74) is 1.63. The molecule has 2 aliphatic carbocycles. The second-order valence-electron chi connectivity index (χ2n) is 6.22. The minimum absolute atomic E-state index is 0.0373. The normalized spacial score (nSPS) is 35.1. The van der Waals surface area contributed by atoms with Gasteiger partial charge in [-0.1, -0.05) is 31.4 Å². The Labute approximate surface area is 112 Å². The van der Waals surface area contributed by atoms with E-state index in [9.17, 15) is 0 Å². The number of hydrogen-bond acceptors (Lipinski definition) is 2. The molecule has 0 saturated heterocycles. The second-order valence-corrected chi connectivity index (χ2v) is 6.22. The van der Waals surface area contributed by atoms with Crippen LogP contribution in [0.15, 0.2) is 11.6 Å². The van der Waals surface area contributed by atoms with Crippen LogP contribution in [0.25, 0.3) is 0 Å². The molecular weight excluding hydrogens is 222 g/mol. The topological polar surface area (TPSA) is 21.3 Å². The highest BCUT2D eigenvalue weighted by atomic mass is 16.5. The van der Waals surface area contributed by atoms with Crippen molar-refractivity contribution in [2.24, 2.45) is 5.92 Å². The van der Waals surface area contributed by atoms with Gasteiger partial charge in [0.2, 0.25) is 0 Å². The van der Waals surface area contributed by atoms with Crippen LogP contribution in [0.4, 0.5) is 0 Å². The molecule has 1 N–H and O–H groups in total. The highest BCUT2D eigenvalue weighted by Crippen LogP contribution is 2.40. The van der Waals surface area contributed by atoms with Gasteiger partial charge in [-0.05, 0) is 51.5 Å². The van der Waals surface area contributed by atoms with E-state index in [-0.39, 0.29) is 5.60 Å². The third-order valence-corrected chi connectivity index (χ3v) is 4.91. The lowest BCUT2D eigenvalue weighted by Gasteiger charge is -2.46. The summed E-state index contributed by atoms with van der Waals surface area (Å²) in [5.74, 6) is 0.791. The van der Waals surface area contributed by atoms with Gasteiger partial charge in [-0.15, -0.1) is 0 Å². The maximum Gasteiger partial charge on any atom is 0.0871 e. The summed E-state index contributed by atoms with van der Waals surface area (Å²) in [7, 11) is 4.01. The minimum atomic E-state index is 0.0373. The van der Waals surface area contributed by atoms with Crippen molar-refractivity contribution in [3.63, 3.8) is 0 Å². The molecule has 3 atom stereocenters. The molecule has 2 heteroatoms. The number of rotatable bonds is 4. The van der Waals surface area contributed by atoms with Crippen LogP contribution in [-0.4, -0.2) is 25.8 Å². The average molecular weight is 251 g/mol. The Kier molecular flexibility index (Phi) is 4.85. The molecule has 0 aromatic heterocycles. The van der Waals surface area contributed by atoms with Crippen molar-refractivity contribution >= 4 is 0 Å². The van der Waals surface area contributed by atoms with Crippen LogP contribution in [0.1, 0.15) is 58.3 Å². The van der Waals surface area contributed by atoms with E-state index < -0.39 is 0 Å². The SMILES string of the molecule is CNC(C1=CCCCC1)C1(OC)CCCC(C)C1. The largest absolute Gasteiger partial charge is 0.376 e. The molecule has 2 rings (SSSR count). The number of nitrogens with one attached hydrogen (secondary N) is 1. The number of methoxy groups -OCH3 is 1. The molecule has 2 nitrogen and oxygen atoms in total. The van der Waals surface area contributed by atoms with E-state index in [4.69, 9.17) is 4.74 Å². The molecule has 0 radical (unpaired) electrons. The summed E-state index contributed by atoms with van der Waals surface area (Å²) < 4.78 is 6.05. The van der Waals surface area contributed by atoms with Crippen LogP contribution >= 0.6 is 0 Å². The molecule has 0 amide bonds. The van der Waals surface area contributed by atoms with E-state index in [1.807, 2.05) is 7.11 Å². The van der Waals surface area contributed by atoms with Crippen LogP contribution < -0.4 is 5.32 Å². The van der Waals surface area contributed by atoms with E-state index in [0.29, 0.717) is 6.04 Å². The van der Waals surface area contributed by atoms with Gasteiger partial charge in [-0.3, -0.25) is 0 Å². The molecule has 0 spiro atoms. The van der Waals surface area contributed by atoms with Gasteiger partial charge in [0, 0.05) is 7.11 Å². The molecule has 3 unspecified atom stereocenters. The number of hydrogen-bond donors (Lipinski definition) is 1. The molecule has 0 aromatic rings. The molecule has 104 valence electrons. The fraction of sp³-hybridized carbons (Fsp3) is 0.875. The summed E-state index contributed by atoms with van der Waals surface area (Å²) in [4.78, 5) is 0. The monoisotopic (exact) mass is 251 g/mol. The van der Waals surface area contributed by atoms with E-state index in [0.717, 1.165) is 5.92 Å². The lowest BCUT2D eigenvalue weighted by atomic mass is 9.71.